The summed E-state index contributed by atoms with van der Waals surface area (Å²) >= 11 is 2.21. The molecule has 3 rings (SSSR count). The molecule has 0 fully saturated rings. The Balaban J connectivity index is 1.84. The van der Waals surface area contributed by atoms with E-state index in [1.54, 1.807) is 18.3 Å². The fourth-order valence-electron chi connectivity index (χ4n) is 2.85. The van der Waals surface area contributed by atoms with Gasteiger partial charge < -0.3 is 4.57 Å². The number of nitrogens with zero attached hydrogens (tertiary/aromatic N) is 2. The molecule has 0 aliphatic carbocycles. The Morgan fingerprint density at radius 2 is 1.92 bits per heavy atom. The van der Waals surface area contributed by atoms with Crippen LogP contribution in [-0.2, 0) is 6.54 Å². The van der Waals surface area contributed by atoms with Crippen LogP contribution in [0.1, 0.15) is 28.5 Å². The number of fused-ring (bicyclic) bond motifs is 1. The first kappa shape index (κ1) is 16.7. The Hall–Kier alpha value is -2.15. The van der Waals surface area contributed by atoms with Crippen LogP contribution in [0.5, 0.6) is 0 Å². The van der Waals surface area contributed by atoms with Crippen molar-refractivity contribution in [2.45, 2.75) is 20.4 Å². The Bertz CT molecular complexity index is 910. The summed E-state index contributed by atoms with van der Waals surface area (Å²) in [6, 6.07) is 15.6. The topological polar surface area (TPSA) is 46.4 Å². The molecule has 0 saturated heterocycles. The van der Waals surface area contributed by atoms with Crippen LogP contribution in [0.2, 0.25) is 0 Å². The van der Waals surface area contributed by atoms with Crippen LogP contribution in [0.4, 0.5) is 0 Å². The van der Waals surface area contributed by atoms with Crippen molar-refractivity contribution in [3.63, 3.8) is 0 Å². The molecule has 0 saturated carbocycles. The van der Waals surface area contributed by atoms with Gasteiger partial charge >= 0.3 is 0 Å². The number of hydrazone groups is 1. The first-order valence-electron chi connectivity index (χ1n) is 7.78. The highest BCUT2D eigenvalue weighted by Crippen LogP contribution is 2.24. The molecule has 0 unspecified atom stereocenters. The van der Waals surface area contributed by atoms with Crippen LogP contribution >= 0.6 is 22.6 Å². The van der Waals surface area contributed by atoms with E-state index in [4.69, 9.17) is 0 Å². The van der Waals surface area contributed by atoms with E-state index in [1.807, 2.05) is 24.3 Å². The van der Waals surface area contributed by atoms with Gasteiger partial charge in [0, 0.05) is 37.8 Å². The quantitative estimate of drug-likeness (QED) is 0.373. The van der Waals surface area contributed by atoms with E-state index in [1.165, 1.54) is 5.52 Å². The lowest BCUT2D eigenvalue weighted by atomic mass is 10.1. The minimum absolute atomic E-state index is 0.209. The molecule has 0 aliphatic heterocycles. The van der Waals surface area contributed by atoms with Crippen molar-refractivity contribution >= 4 is 45.6 Å². The van der Waals surface area contributed by atoms with Gasteiger partial charge in [0.1, 0.15) is 0 Å². The zero-order chi connectivity index (χ0) is 17.1. The minimum Gasteiger partial charge on any atom is -0.344 e. The molecule has 0 radical (unpaired) electrons. The average molecular weight is 431 g/mol. The molecule has 24 heavy (non-hydrogen) atoms. The zero-order valence-electron chi connectivity index (χ0n) is 13.6. The number of benzene rings is 2. The second-order valence-electron chi connectivity index (χ2n) is 5.47. The number of carbonyl (C=O) groups excluding carboxylic acids is 1. The number of nitrogens with one attached hydrogen (secondary N) is 1. The number of halogens is 1. The Labute approximate surface area is 154 Å². The molecule has 1 aromatic heterocycles. The zero-order valence-corrected chi connectivity index (χ0v) is 15.7. The molecule has 0 aliphatic rings. The van der Waals surface area contributed by atoms with Gasteiger partial charge in [-0.05, 0) is 66.8 Å². The molecule has 2 aromatic carbocycles. The summed E-state index contributed by atoms with van der Waals surface area (Å²) in [5.41, 5.74) is 6.57. The number of hydrogen-bond acceptors (Lipinski definition) is 2. The van der Waals surface area contributed by atoms with E-state index >= 15 is 0 Å². The second kappa shape index (κ2) is 7.17. The highest BCUT2D eigenvalue weighted by molar-refractivity contribution is 14.1. The van der Waals surface area contributed by atoms with Crippen molar-refractivity contribution in [1.82, 2.24) is 9.99 Å². The van der Waals surface area contributed by atoms with Crippen molar-refractivity contribution < 1.29 is 4.79 Å². The Morgan fingerprint density at radius 1 is 1.21 bits per heavy atom. The summed E-state index contributed by atoms with van der Waals surface area (Å²) in [4.78, 5) is 12.1. The van der Waals surface area contributed by atoms with E-state index in [0.717, 1.165) is 26.8 Å². The third-order valence-electron chi connectivity index (χ3n) is 4.06. The number of para-hydroxylation sites is 1. The molecule has 3 aromatic rings. The molecule has 122 valence electrons. The summed E-state index contributed by atoms with van der Waals surface area (Å²) in [6.07, 6.45) is 1.73. The van der Waals surface area contributed by atoms with Gasteiger partial charge in [0.15, 0.2) is 0 Å². The predicted molar refractivity (Wildman–Crippen MR) is 107 cm³/mol. The van der Waals surface area contributed by atoms with E-state index in [0.29, 0.717) is 5.56 Å². The van der Waals surface area contributed by atoms with Gasteiger partial charge in [-0.25, -0.2) is 5.43 Å². The third-order valence-corrected chi connectivity index (χ3v) is 4.78. The van der Waals surface area contributed by atoms with Gasteiger partial charge in [-0.1, -0.05) is 18.2 Å². The summed E-state index contributed by atoms with van der Waals surface area (Å²) < 4.78 is 3.34. The molecule has 1 amide bonds. The first-order valence-corrected chi connectivity index (χ1v) is 8.86. The lowest BCUT2D eigenvalue weighted by Gasteiger charge is -2.03. The predicted octanol–water partition coefficient (Wildman–Crippen LogP) is 4.34. The molecule has 0 bridgehead atoms. The van der Waals surface area contributed by atoms with Gasteiger partial charge in [-0.15, -0.1) is 0 Å². The van der Waals surface area contributed by atoms with Gasteiger partial charge in [0.2, 0.25) is 0 Å². The third kappa shape index (κ3) is 3.21. The molecule has 0 atom stereocenters. The van der Waals surface area contributed by atoms with Gasteiger partial charge in [-0.2, -0.15) is 5.10 Å². The Kier molecular flexibility index (Phi) is 4.99. The summed E-state index contributed by atoms with van der Waals surface area (Å²) in [6.45, 7) is 5.10. The Morgan fingerprint density at radius 3 is 2.62 bits per heavy atom. The molecular formula is C19H18IN3O. The maximum atomic E-state index is 12.1. The fourth-order valence-corrected chi connectivity index (χ4v) is 3.21. The molecule has 0 spiro atoms. The van der Waals surface area contributed by atoms with Crippen molar-refractivity contribution in [3.05, 3.63) is 68.9 Å². The lowest BCUT2D eigenvalue weighted by molar-refractivity contribution is 0.0955. The van der Waals surface area contributed by atoms with Crippen molar-refractivity contribution in [2.24, 2.45) is 5.10 Å². The molecule has 5 heteroatoms. The summed E-state index contributed by atoms with van der Waals surface area (Å²) in [7, 11) is 0. The van der Waals surface area contributed by atoms with Gasteiger partial charge in [-0.3, -0.25) is 4.79 Å². The van der Waals surface area contributed by atoms with Gasteiger partial charge in [0.25, 0.3) is 5.91 Å². The van der Waals surface area contributed by atoms with Gasteiger partial charge in [0.05, 0.1) is 6.21 Å². The van der Waals surface area contributed by atoms with Crippen LogP contribution in [0.15, 0.2) is 53.6 Å². The summed E-state index contributed by atoms with van der Waals surface area (Å²) in [5.74, 6) is -0.209. The number of carbonyl (C=O) groups is 1. The number of amides is 1. The maximum Gasteiger partial charge on any atom is 0.271 e. The minimum atomic E-state index is -0.209. The molecule has 4 nitrogen and oxygen atoms in total. The van der Waals surface area contributed by atoms with Crippen LogP contribution < -0.4 is 5.43 Å². The number of hydrogen-bond donors (Lipinski definition) is 1. The van der Waals surface area contributed by atoms with Crippen LogP contribution in [0.25, 0.3) is 10.9 Å². The first-order chi connectivity index (χ1) is 11.6. The maximum absolute atomic E-state index is 12.1. The highest BCUT2D eigenvalue weighted by atomic mass is 127. The highest BCUT2D eigenvalue weighted by Gasteiger charge is 2.11. The molecule has 1 heterocycles. The van der Waals surface area contributed by atoms with E-state index in [9.17, 15) is 4.79 Å². The number of aryl methyl sites for hydroxylation is 1. The van der Waals surface area contributed by atoms with E-state index < -0.39 is 0 Å². The van der Waals surface area contributed by atoms with Crippen molar-refractivity contribution in [2.75, 3.05) is 0 Å². The van der Waals surface area contributed by atoms with E-state index in [-0.39, 0.29) is 5.91 Å². The van der Waals surface area contributed by atoms with Crippen LogP contribution in [0, 0.1) is 10.5 Å². The molecule has 1 N–H and O–H groups in total. The standard InChI is InChI=1S/C19H18IN3O/c1-3-23-13(2)17(16-6-4-5-7-18(16)23)12-21-22-19(24)14-8-10-15(20)11-9-14/h4-12H,3H2,1-2H3,(H,22,24)/b21-12-. The molecular weight excluding hydrogens is 413 g/mol. The number of rotatable bonds is 4. The largest absolute Gasteiger partial charge is 0.344 e. The second-order valence-corrected chi connectivity index (χ2v) is 6.71. The smallest absolute Gasteiger partial charge is 0.271 e. The van der Waals surface area contributed by atoms with Crippen LogP contribution in [0.3, 0.4) is 0 Å². The fraction of sp³-hybridized carbons (Fsp3) is 0.158. The SMILES string of the molecule is CCn1c(C)c(/C=N\NC(=O)c2ccc(I)cc2)c2ccccc21. The normalized spacial score (nSPS) is 11.3. The monoisotopic (exact) mass is 431 g/mol. The average Bonchev–Trinajstić information content (AvgIpc) is 2.87. The van der Waals surface area contributed by atoms with Crippen molar-refractivity contribution in [1.29, 1.82) is 0 Å². The van der Waals surface area contributed by atoms with Crippen molar-refractivity contribution in [3.8, 4) is 0 Å². The van der Waals surface area contributed by atoms with E-state index in [2.05, 4.69) is 63.7 Å². The summed E-state index contributed by atoms with van der Waals surface area (Å²) in [5, 5.41) is 5.30. The number of aromatic nitrogens is 1. The van der Waals surface area contributed by atoms with Crippen LogP contribution in [-0.4, -0.2) is 16.7 Å². The lowest BCUT2D eigenvalue weighted by Crippen LogP contribution is -2.17.